The second kappa shape index (κ2) is 5.56. The van der Waals surface area contributed by atoms with Crippen LogP contribution < -0.4 is 17.0 Å². The molecule has 106 valence electrons. The van der Waals surface area contributed by atoms with E-state index in [9.17, 15) is 8.78 Å². The summed E-state index contributed by atoms with van der Waals surface area (Å²) in [6.07, 6.45) is 0. The molecule has 0 radical (unpaired) electrons. The van der Waals surface area contributed by atoms with Crippen molar-refractivity contribution in [1.29, 1.82) is 0 Å². The Morgan fingerprint density at radius 2 is 1.80 bits per heavy atom. The summed E-state index contributed by atoms with van der Waals surface area (Å²) in [5.41, 5.74) is 11.0. The van der Waals surface area contributed by atoms with Gasteiger partial charge in [0.15, 0.2) is 0 Å². The van der Waals surface area contributed by atoms with Crippen LogP contribution in [0.3, 0.4) is 0 Å². The van der Waals surface area contributed by atoms with Crippen LogP contribution in [0.5, 0.6) is 0 Å². The van der Waals surface area contributed by atoms with Crippen LogP contribution in [0.2, 0.25) is 0 Å². The highest BCUT2D eigenvalue weighted by molar-refractivity contribution is 5.53. The normalized spacial score (nSPS) is 12.4. The Bertz CT molecular complexity index is 618. The minimum atomic E-state index is -0.702. The Labute approximate surface area is 116 Å². The van der Waals surface area contributed by atoms with Gasteiger partial charge in [0.1, 0.15) is 11.6 Å². The minimum absolute atomic E-state index is 0.355. The van der Waals surface area contributed by atoms with Gasteiger partial charge in [-0.3, -0.25) is 5.84 Å². The van der Waals surface area contributed by atoms with E-state index in [0.717, 1.165) is 11.1 Å². The lowest BCUT2D eigenvalue weighted by atomic mass is 9.92. The van der Waals surface area contributed by atoms with Crippen LogP contribution in [0.25, 0.3) is 0 Å². The molecule has 0 aliphatic carbocycles. The summed E-state index contributed by atoms with van der Waals surface area (Å²) in [5.74, 6) is 4.70. The second-order valence-corrected chi connectivity index (χ2v) is 4.85. The zero-order chi connectivity index (χ0) is 14.9. The van der Waals surface area contributed by atoms with Crippen molar-refractivity contribution in [2.45, 2.75) is 19.9 Å². The van der Waals surface area contributed by atoms with E-state index in [1.54, 1.807) is 13.8 Å². The zero-order valence-electron chi connectivity index (χ0n) is 11.4. The molecule has 0 saturated heterocycles. The predicted octanol–water partition coefficient (Wildman–Crippen LogP) is 2.72. The molecule has 0 aliphatic heterocycles. The number of halogens is 2. The highest BCUT2D eigenvalue weighted by atomic mass is 19.1. The van der Waals surface area contributed by atoms with Gasteiger partial charge in [-0.15, -0.1) is 0 Å². The molecular formula is C15H17F2N3. The zero-order valence-corrected chi connectivity index (χ0v) is 11.4. The van der Waals surface area contributed by atoms with E-state index >= 15 is 0 Å². The molecule has 0 amide bonds. The van der Waals surface area contributed by atoms with Crippen molar-refractivity contribution in [3.63, 3.8) is 0 Å². The van der Waals surface area contributed by atoms with Gasteiger partial charge in [0.2, 0.25) is 0 Å². The SMILES string of the molecule is Cc1cc(C)c(C(NN)c2cc(F)ccc2N)c(F)c1. The molecule has 0 aliphatic rings. The van der Waals surface area contributed by atoms with Crippen molar-refractivity contribution in [3.05, 3.63) is 64.2 Å². The van der Waals surface area contributed by atoms with E-state index in [-0.39, 0.29) is 0 Å². The Hall–Kier alpha value is -1.98. The molecule has 5 heteroatoms. The summed E-state index contributed by atoms with van der Waals surface area (Å²) in [4.78, 5) is 0. The number of nitrogen functional groups attached to an aromatic ring is 1. The van der Waals surface area contributed by atoms with Gasteiger partial charge in [-0.1, -0.05) is 6.07 Å². The molecule has 5 N–H and O–H groups in total. The number of anilines is 1. The van der Waals surface area contributed by atoms with Crippen molar-refractivity contribution in [1.82, 2.24) is 5.43 Å². The van der Waals surface area contributed by atoms with E-state index < -0.39 is 17.7 Å². The maximum Gasteiger partial charge on any atom is 0.128 e. The fourth-order valence-electron chi connectivity index (χ4n) is 2.42. The fraction of sp³-hybridized carbons (Fsp3) is 0.200. The van der Waals surface area contributed by atoms with Crippen LogP contribution in [0, 0.1) is 25.5 Å². The maximum atomic E-state index is 14.2. The number of hydrazine groups is 1. The molecule has 2 rings (SSSR count). The number of hydrogen-bond donors (Lipinski definition) is 3. The minimum Gasteiger partial charge on any atom is -0.398 e. The van der Waals surface area contributed by atoms with Crippen LogP contribution >= 0.6 is 0 Å². The molecule has 0 heterocycles. The summed E-state index contributed by atoms with van der Waals surface area (Å²) in [6, 6.07) is 6.52. The first-order chi connectivity index (χ1) is 9.43. The number of nitrogens with two attached hydrogens (primary N) is 2. The van der Waals surface area contributed by atoms with Crippen molar-refractivity contribution in [2.75, 3.05) is 5.73 Å². The number of aryl methyl sites for hydroxylation is 2. The number of benzene rings is 2. The first-order valence-corrected chi connectivity index (χ1v) is 6.21. The highest BCUT2D eigenvalue weighted by Crippen LogP contribution is 2.31. The molecule has 1 atom stereocenters. The molecule has 0 aromatic heterocycles. The van der Waals surface area contributed by atoms with E-state index in [2.05, 4.69) is 5.43 Å². The van der Waals surface area contributed by atoms with Gasteiger partial charge >= 0.3 is 0 Å². The molecule has 0 bridgehead atoms. The van der Waals surface area contributed by atoms with Crippen molar-refractivity contribution < 1.29 is 8.78 Å². The van der Waals surface area contributed by atoms with Gasteiger partial charge in [-0.2, -0.15) is 0 Å². The largest absolute Gasteiger partial charge is 0.398 e. The summed E-state index contributed by atoms with van der Waals surface area (Å²) in [5, 5.41) is 0. The van der Waals surface area contributed by atoms with Crippen LogP contribution in [0.4, 0.5) is 14.5 Å². The van der Waals surface area contributed by atoms with Gasteiger partial charge in [0.25, 0.3) is 0 Å². The van der Waals surface area contributed by atoms with Gasteiger partial charge < -0.3 is 5.73 Å². The Balaban J connectivity index is 2.61. The summed E-state index contributed by atoms with van der Waals surface area (Å²) < 4.78 is 27.6. The van der Waals surface area contributed by atoms with E-state index in [1.807, 2.05) is 6.07 Å². The summed E-state index contributed by atoms with van der Waals surface area (Å²) >= 11 is 0. The average molecular weight is 277 g/mol. The lowest BCUT2D eigenvalue weighted by Crippen LogP contribution is -2.31. The Kier molecular flexibility index (Phi) is 4.01. The molecule has 3 nitrogen and oxygen atoms in total. The van der Waals surface area contributed by atoms with Crippen LogP contribution in [0.1, 0.15) is 28.3 Å². The number of hydrogen-bond acceptors (Lipinski definition) is 3. The third kappa shape index (κ3) is 2.64. The third-order valence-corrected chi connectivity index (χ3v) is 3.30. The Morgan fingerprint density at radius 3 is 2.40 bits per heavy atom. The van der Waals surface area contributed by atoms with E-state index in [1.165, 1.54) is 24.3 Å². The van der Waals surface area contributed by atoms with Crippen molar-refractivity contribution in [3.8, 4) is 0 Å². The highest BCUT2D eigenvalue weighted by Gasteiger charge is 2.21. The molecule has 0 spiro atoms. The van der Waals surface area contributed by atoms with Gasteiger partial charge in [-0.05, 0) is 49.2 Å². The van der Waals surface area contributed by atoms with Gasteiger partial charge in [0.05, 0.1) is 6.04 Å². The standard InChI is InChI=1S/C15H17F2N3/c1-8-5-9(2)14(12(17)6-8)15(20-19)11-7-10(16)3-4-13(11)18/h3-7,15,20H,18-19H2,1-2H3. The Morgan fingerprint density at radius 1 is 1.10 bits per heavy atom. The average Bonchev–Trinajstić information content (AvgIpc) is 2.37. The number of rotatable bonds is 3. The number of nitrogens with one attached hydrogen (secondary N) is 1. The maximum absolute atomic E-state index is 14.2. The summed E-state index contributed by atoms with van der Waals surface area (Å²) in [7, 11) is 0. The molecule has 0 saturated carbocycles. The van der Waals surface area contributed by atoms with E-state index in [0.29, 0.717) is 16.8 Å². The van der Waals surface area contributed by atoms with Crippen molar-refractivity contribution >= 4 is 5.69 Å². The molecule has 2 aromatic carbocycles. The lowest BCUT2D eigenvalue weighted by Gasteiger charge is -2.21. The fourth-order valence-corrected chi connectivity index (χ4v) is 2.42. The first kappa shape index (κ1) is 14.4. The van der Waals surface area contributed by atoms with Crippen LogP contribution in [0.15, 0.2) is 30.3 Å². The van der Waals surface area contributed by atoms with Gasteiger partial charge in [0, 0.05) is 16.8 Å². The smallest absolute Gasteiger partial charge is 0.128 e. The third-order valence-electron chi connectivity index (χ3n) is 3.30. The molecule has 1 unspecified atom stereocenters. The first-order valence-electron chi connectivity index (χ1n) is 6.21. The second-order valence-electron chi connectivity index (χ2n) is 4.85. The summed E-state index contributed by atoms with van der Waals surface area (Å²) in [6.45, 7) is 3.59. The van der Waals surface area contributed by atoms with Crippen LogP contribution in [-0.2, 0) is 0 Å². The molecule has 0 fully saturated rings. The molecular weight excluding hydrogens is 260 g/mol. The van der Waals surface area contributed by atoms with Crippen LogP contribution in [-0.4, -0.2) is 0 Å². The topological polar surface area (TPSA) is 64.1 Å². The lowest BCUT2D eigenvalue weighted by molar-refractivity contribution is 0.553. The van der Waals surface area contributed by atoms with Gasteiger partial charge in [-0.25, -0.2) is 14.2 Å². The predicted molar refractivity (Wildman–Crippen MR) is 75.9 cm³/mol. The van der Waals surface area contributed by atoms with Crippen molar-refractivity contribution in [2.24, 2.45) is 5.84 Å². The molecule has 2 aromatic rings. The quantitative estimate of drug-likeness (QED) is 0.459. The van der Waals surface area contributed by atoms with E-state index in [4.69, 9.17) is 11.6 Å². The monoisotopic (exact) mass is 277 g/mol. The molecule has 20 heavy (non-hydrogen) atoms.